The van der Waals surface area contributed by atoms with Crippen molar-refractivity contribution in [3.8, 4) is 0 Å². The summed E-state index contributed by atoms with van der Waals surface area (Å²) < 4.78 is 5.25. The number of nitrogens with two attached hydrogens (primary N) is 1. The first kappa shape index (κ1) is 13.7. The minimum absolute atomic E-state index is 0.141. The van der Waals surface area contributed by atoms with Crippen LogP contribution in [0.2, 0.25) is 0 Å². The van der Waals surface area contributed by atoms with Gasteiger partial charge in [-0.3, -0.25) is 0 Å². The number of aromatic nitrogens is 2. The van der Waals surface area contributed by atoms with Crippen molar-refractivity contribution in [1.82, 2.24) is 10.1 Å². The third-order valence-electron chi connectivity index (χ3n) is 3.28. The predicted molar refractivity (Wildman–Crippen MR) is 74.7 cm³/mol. The number of benzene rings is 1. The lowest BCUT2D eigenvalue weighted by molar-refractivity contribution is 0.343. The van der Waals surface area contributed by atoms with Crippen molar-refractivity contribution < 1.29 is 4.52 Å². The monoisotopic (exact) mass is 259 g/mol. The highest BCUT2D eigenvalue weighted by Gasteiger charge is 2.14. The number of hydrogen-bond acceptors (Lipinski definition) is 4. The molecule has 1 aromatic carbocycles. The Bertz CT molecular complexity index is 522. The van der Waals surface area contributed by atoms with E-state index >= 15 is 0 Å². The Hall–Kier alpha value is -1.68. The van der Waals surface area contributed by atoms with E-state index in [-0.39, 0.29) is 6.04 Å². The van der Waals surface area contributed by atoms with E-state index in [1.165, 1.54) is 11.1 Å². The van der Waals surface area contributed by atoms with Crippen LogP contribution in [0.15, 0.2) is 28.8 Å². The lowest BCUT2D eigenvalue weighted by Gasteiger charge is -2.04. The maximum atomic E-state index is 6.02. The van der Waals surface area contributed by atoms with Gasteiger partial charge in [0.05, 0.1) is 6.04 Å². The Balaban J connectivity index is 2.03. The molecule has 0 saturated heterocycles. The molecule has 0 aliphatic heterocycles. The summed E-state index contributed by atoms with van der Waals surface area (Å²) in [6, 6.07) is 8.08. The molecule has 0 aliphatic carbocycles. The summed E-state index contributed by atoms with van der Waals surface area (Å²) in [5.74, 6) is 1.26. The van der Waals surface area contributed by atoms with Crippen LogP contribution in [0.4, 0.5) is 0 Å². The van der Waals surface area contributed by atoms with Crippen molar-refractivity contribution in [2.24, 2.45) is 5.73 Å². The van der Waals surface area contributed by atoms with E-state index in [0.717, 1.165) is 19.3 Å². The smallest absolute Gasteiger partial charge is 0.243 e. The van der Waals surface area contributed by atoms with Gasteiger partial charge < -0.3 is 10.3 Å². The van der Waals surface area contributed by atoms with Gasteiger partial charge in [0.15, 0.2) is 5.82 Å². The van der Waals surface area contributed by atoms with E-state index in [9.17, 15) is 0 Å². The summed E-state index contributed by atoms with van der Waals surface area (Å²) in [7, 11) is 0. The molecule has 102 valence electrons. The first-order valence-electron chi connectivity index (χ1n) is 6.83. The van der Waals surface area contributed by atoms with Gasteiger partial charge in [-0.2, -0.15) is 4.98 Å². The molecule has 19 heavy (non-hydrogen) atoms. The lowest BCUT2D eigenvalue weighted by atomic mass is 10.1. The summed E-state index contributed by atoms with van der Waals surface area (Å²) >= 11 is 0. The van der Waals surface area contributed by atoms with Crippen LogP contribution in [-0.4, -0.2) is 10.1 Å². The van der Waals surface area contributed by atoms with Crippen LogP contribution >= 0.6 is 0 Å². The zero-order chi connectivity index (χ0) is 13.7. The summed E-state index contributed by atoms with van der Waals surface area (Å²) in [5.41, 5.74) is 8.48. The molecule has 0 radical (unpaired) electrons. The number of unbranched alkanes of at least 4 members (excludes halogenated alkanes) is 1. The average Bonchev–Trinajstić information content (AvgIpc) is 2.87. The van der Waals surface area contributed by atoms with Gasteiger partial charge in [-0.15, -0.1) is 0 Å². The molecule has 1 aromatic heterocycles. The van der Waals surface area contributed by atoms with Gasteiger partial charge in [0.2, 0.25) is 5.89 Å². The molecular formula is C15H21N3O. The van der Waals surface area contributed by atoms with Crippen molar-refractivity contribution >= 4 is 0 Å². The van der Waals surface area contributed by atoms with E-state index in [4.69, 9.17) is 10.3 Å². The van der Waals surface area contributed by atoms with Crippen molar-refractivity contribution in [3.63, 3.8) is 0 Å². The van der Waals surface area contributed by atoms with Crippen LogP contribution in [0.25, 0.3) is 0 Å². The normalized spacial score (nSPS) is 12.6. The van der Waals surface area contributed by atoms with Gasteiger partial charge in [-0.05, 0) is 24.5 Å². The van der Waals surface area contributed by atoms with E-state index in [1.54, 1.807) is 0 Å². The van der Waals surface area contributed by atoms with Crippen molar-refractivity contribution in [2.45, 2.75) is 45.6 Å². The topological polar surface area (TPSA) is 64.9 Å². The van der Waals surface area contributed by atoms with Gasteiger partial charge >= 0.3 is 0 Å². The summed E-state index contributed by atoms with van der Waals surface area (Å²) in [6.07, 6.45) is 3.79. The van der Waals surface area contributed by atoms with Gasteiger partial charge in [-0.1, -0.05) is 49.2 Å². The molecule has 2 aromatic rings. The van der Waals surface area contributed by atoms with Gasteiger partial charge in [0.1, 0.15) is 0 Å². The molecule has 1 unspecified atom stereocenters. The lowest BCUT2D eigenvalue weighted by Crippen LogP contribution is -2.10. The highest BCUT2D eigenvalue weighted by Crippen LogP contribution is 2.17. The quantitative estimate of drug-likeness (QED) is 0.865. The van der Waals surface area contributed by atoms with Crippen molar-refractivity contribution in [1.29, 1.82) is 0 Å². The molecular weight excluding hydrogens is 238 g/mol. The zero-order valence-corrected chi connectivity index (χ0v) is 11.6. The van der Waals surface area contributed by atoms with Crippen LogP contribution < -0.4 is 5.73 Å². The van der Waals surface area contributed by atoms with Crippen molar-refractivity contribution in [2.75, 3.05) is 0 Å². The summed E-state index contributed by atoms with van der Waals surface area (Å²) in [4.78, 5) is 4.40. The Labute approximate surface area is 114 Å². The van der Waals surface area contributed by atoms with Crippen LogP contribution in [0.5, 0.6) is 0 Å². The van der Waals surface area contributed by atoms with Crippen molar-refractivity contribution in [3.05, 3.63) is 47.1 Å². The van der Waals surface area contributed by atoms with Gasteiger partial charge in [0.25, 0.3) is 0 Å². The molecule has 0 amide bonds. The third-order valence-corrected chi connectivity index (χ3v) is 3.28. The molecule has 0 saturated carbocycles. The largest absolute Gasteiger partial charge is 0.338 e. The number of rotatable bonds is 6. The molecule has 0 aliphatic rings. The third kappa shape index (κ3) is 3.64. The van der Waals surface area contributed by atoms with Gasteiger partial charge in [0, 0.05) is 6.42 Å². The molecule has 1 atom stereocenters. The van der Waals surface area contributed by atoms with Crippen LogP contribution in [0.3, 0.4) is 0 Å². The Morgan fingerprint density at radius 1 is 1.32 bits per heavy atom. The maximum Gasteiger partial charge on any atom is 0.243 e. The molecule has 0 bridgehead atoms. The first-order chi connectivity index (χ1) is 9.20. The molecule has 2 rings (SSSR count). The minimum Gasteiger partial charge on any atom is -0.338 e. The highest BCUT2D eigenvalue weighted by atomic mass is 16.5. The predicted octanol–water partition coefficient (Wildman–Crippen LogP) is 3.16. The average molecular weight is 259 g/mol. The van der Waals surface area contributed by atoms with Crippen LogP contribution in [0.1, 0.15) is 55.1 Å². The zero-order valence-electron chi connectivity index (χ0n) is 11.6. The fourth-order valence-electron chi connectivity index (χ4n) is 2.02. The first-order valence-corrected chi connectivity index (χ1v) is 6.83. The van der Waals surface area contributed by atoms with Crippen LogP contribution in [-0.2, 0) is 6.42 Å². The van der Waals surface area contributed by atoms with Gasteiger partial charge in [-0.25, -0.2) is 0 Å². The number of nitrogens with zero attached hydrogens (tertiary/aromatic N) is 2. The number of hydrogen-bond donors (Lipinski definition) is 1. The van der Waals surface area contributed by atoms with E-state index in [1.807, 2.05) is 12.1 Å². The second kappa shape index (κ2) is 6.48. The molecule has 4 heteroatoms. The highest BCUT2D eigenvalue weighted by molar-refractivity contribution is 5.27. The fourth-order valence-corrected chi connectivity index (χ4v) is 2.02. The standard InChI is InChI=1S/C15H21N3O/c1-3-4-9-13(16)15-17-14(18-19-15)10-12-8-6-5-7-11(12)2/h5-8,13H,3-4,9-10,16H2,1-2H3. The Morgan fingerprint density at radius 3 is 2.84 bits per heavy atom. The fraction of sp³-hybridized carbons (Fsp3) is 0.467. The minimum atomic E-state index is -0.141. The molecule has 0 fully saturated rings. The Morgan fingerprint density at radius 2 is 2.11 bits per heavy atom. The molecule has 2 N–H and O–H groups in total. The van der Waals surface area contributed by atoms with E-state index in [2.05, 4.69) is 36.1 Å². The second-order valence-corrected chi connectivity index (χ2v) is 4.90. The molecule has 4 nitrogen and oxygen atoms in total. The maximum absolute atomic E-state index is 6.02. The summed E-state index contributed by atoms with van der Waals surface area (Å²) in [5, 5.41) is 4.02. The van der Waals surface area contributed by atoms with E-state index in [0.29, 0.717) is 18.1 Å². The summed E-state index contributed by atoms with van der Waals surface area (Å²) in [6.45, 7) is 4.23. The SMILES string of the molecule is CCCCC(N)c1nc(Cc2ccccc2C)no1. The van der Waals surface area contributed by atoms with Crippen LogP contribution in [0, 0.1) is 6.92 Å². The second-order valence-electron chi connectivity index (χ2n) is 4.90. The molecule has 1 heterocycles. The Kier molecular flexibility index (Phi) is 4.68. The molecule has 0 spiro atoms. The van der Waals surface area contributed by atoms with E-state index < -0.39 is 0 Å². The number of aryl methyl sites for hydroxylation is 1.